The molecule has 0 aliphatic heterocycles. The minimum atomic E-state index is -0.755. The third kappa shape index (κ3) is 5.45. The summed E-state index contributed by atoms with van der Waals surface area (Å²) in [6.45, 7) is 2.10. The van der Waals surface area contributed by atoms with Gasteiger partial charge in [-0.25, -0.2) is 0 Å². The number of carbonyl (C=O) groups is 1. The van der Waals surface area contributed by atoms with E-state index in [4.69, 9.17) is 14.2 Å². The van der Waals surface area contributed by atoms with Crippen molar-refractivity contribution in [1.29, 1.82) is 0 Å². The molecule has 0 fully saturated rings. The predicted molar refractivity (Wildman–Crippen MR) is 94.1 cm³/mol. The third-order valence-electron chi connectivity index (χ3n) is 3.72. The number of benzene rings is 1. The van der Waals surface area contributed by atoms with Crippen LogP contribution in [0.1, 0.15) is 44.3 Å². The predicted octanol–water partition coefficient (Wildman–Crippen LogP) is 3.76. The minimum absolute atomic E-state index is 0.00466. The van der Waals surface area contributed by atoms with Gasteiger partial charge in [-0.1, -0.05) is 50.1 Å². The lowest BCUT2D eigenvalue weighted by Gasteiger charge is -2.18. The Labute approximate surface area is 148 Å². The highest BCUT2D eigenvalue weighted by atomic mass is 16.5. The van der Waals surface area contributed by atoms with Crippen LogP contribution in [0.4, 0.5) is 0 Å². The fourth-order valence-electron chi connectivity index (χ4n) is 2.38. The molecule has 0 aliphatic rings. The lowest BCUT2D eigenvalue weighted by Crippen LogP contribution is -2.20. The number of carbonyl (C=O) groups excluding carboxylic acids is 1. The summed E-state index contributed by atoms with van der Waals surface area (Å²) in [4.78, 5) is 21.0. The zero-order chi connectivity index (χ0) is 18.1. The van der Waals surface area contributed by atoms with Crippen LogP contribution in [-0.4, -0.2) is 30.0 Å². The highest BCUT2D eigenvalue weighted by Crippen LogP contribution is 2.26. The van der Waals surface area contributed by atoms with Gasteiger partial charge in [0.2, 0.25) is 11.8 Å². The van der Waals surface area contributed by atoms with Crippen LogP contribution in [0.2, 0.25) is 0 Å². The Morgan fingerprint density at radius 3 is 2.24 bits per heavy atom. The van der Waals surface area contributed by atoms with Crippen molar-refractivity contribution in [3.8, 4) is 17.8 Å². The van der Waals surface area contributed by atoms with Gasteiger partial charge in [-0.05, 0) is 12.0 Å². The second kappa shape index (κ2) is 9.61. The van der Waals surface area contributed by atoms with Gasteiger partial charge < -0.3 is 14.2 Å². The van der Waals surface area contributed by atoms with Crippen molar-refractivity contribution >= 4 is 5.78 Å². The first-order chi connectivity index (χ1) is 12.2. The first-order valence-electron chi connectivity index (χ1n) is 8.39. The quantitative estimate of drug-likeness (QED) is 0.611. The number of hydrogen-bond donors (Lipinski definition) is 0. The molecule has 0 radical (unpaired) electrons. The molecule has 1 atom stereocenters. The molecule has 1 aromatic carbocycles. The topological polar surface area (TPSA) is 70.5 Å². The van der Waals surface area contributed by atoms with Gasteiger partial charge in [0.15, 0.2) is 11.9 Å². The summed E-state index contributed by atoms with van der Waals surface area (Å²) < 4.78 is 16.1. The van der Waals surface area contributed by atoms with Crippen molar-refractivity contribution in [3.05, 3.63) is 42.0 Å². The molecule has 0 saturated heterocycles. The highest BCUT2D eigenvalue weighted by Gasteiger charge is 2.24. The Balaban J connectivity index is 2.25. The van der Waals surface area contributed by atoms with Crippen molar-refractivity contribution in [2.24, 2.45) is 0 Å². The number of ketones is 1. The van der Waals surface area contributed by atoms with Crippen molar-refractivity contribution in [2.45, 2.75) is 38.7 Å². The molecule has 6 nitrogen and oxygen atoms in total. The van der Waals surface area contributed by atoms with Gasteiger partial charge in [-0.2, -0.15) is 9.97 Å². The van der Waals surface area contributed by atoms with Crippen molar-refractivity contribution in [3.63, 3.8) is 0 Å². The summed E-state index contributed by atoms with van der Waals surface area (Å²) in [7, 11) is 2.99. The molecule has 134 valence electrons. The van der Waals surface area contributed by atoms with Gasteiger partial charge in [0, 0.05) is 6.42 Å². The van der Waals surface area contributed by atoms with E-state index in [2.05, 4.69) is 16.9 Å². The molecule has 2 aromatic rings. The van der Waals surface area contributed by atoms with Gasteiger partial charge >= 0.3 is 6.01 Å². The third-order valence-corrected chi connectivity index (χ3v) is 3.72. The van der Waals surface area contributed by atoms with E-state index in [9.17, 15) is 4.79 Å². The molecule has 0 bridgehead atoms. The summed E-state index contributed by atoms with van der Waals surface area (Å²) in [5.41, 5.74) is 0.773. The monoisotopic (exact) mass is 344 g/mol. The molecule has 0 amide bonds. The SMILES string of the molecule is CCCCCC(=O)C(Oc1nc(OC)cc(OC)n1)c1ccccc1. The number of hydrogen-bond acceptors (Lipinski definition) is 6. The van der Waals surface area contributed by atoms with E-state index in [0.717, 1.165) is 24.8 Å². The fraction of sp³-hybridized carbons (Fsp3) is 0.421. The van der Waals surface area contributed by atoms with Gasteiger partial charge in [-0.15, -0.1) is 0 Å². The molecular weight excluding hydrogens is 320 g/mol. The summed E-state index contributed by atoms with van der Waals surface area (Å²) in [6.07, 6.45) is 2.60. The van der Waals surface area contributed by atoms with E-state index in [0.29, 0.717) is 18.2 Å². The lowest BCUT2D eigenvalue weighted by atomic mass is 10.0. The van der Waals surface area contributed by atoms with Crippen molar-refractivity contribution < 1.29 is 19.0 Å². The standard InChI is InChI=1S/C19H24N2O4/c1-4-5-7-12-15(22)18(14-10-8-6-9-11-14)25-19-20-16(23-2)13-17(21-19)24-3/h6,8-11,13,18H,4-5,7,12H2,1-3H3. The molecule has 1 heterocycles. The molecular formula is C19H24N2O4. The molecule has 2 rings (SSSR count). The number of Topliss-reactive ketones (excluding diaryl/α,β-unsaturated/α-hetero) is 1. The van der Waals surface area contributed by atoms with E-state index in [-0.39, 0.29) is 11.8 Å². The van der Waals surface area contributed by atoms with Crippen LogP contribution in [-0.2, 0) is 4.79 Å². The van der Waals surface area contributed by atoms with E-state index in [1.54, 1.807) is 6.07 Å². The Bertz CT molecular complexity index is 654. The lowest BCUT2D eigenvalue weighted by molar-refractivity contribution is -0.126. The summed E-state index contributed by atoms with van der Waals surface area (Å²) in [5, 5.41) is 0. The van der Waals surface area contributed by atoms with E-state index in [1.165, 1.54) is 14.2 Å². The molecule has 1 unspecified atom stereocenters. The van der Waals surface area contributed by atoms with Crippen LogP contribution >= 0.6 is 0 Å². The van der Waals surface area contributed by atoms with E-state index in [1.807, 2.05) is 30.3 Å². The molecule has 1 aromatic heterocycles. The first-order valence-corrected chi connectivity index (χ1v) is 8.39. The molecule has 25 heavy (non-hydrogen) atoms. The largest absolute Gasteiger partial charge is 0.481 e. The van der Waals surface area contributed by atoms with Crippen LogP contribution in [0.15, 0.2) is 36.4 Å². The van der Waals surface area contributed by atoms with Gasteiger partial charge in [-0.3, -0.25) is 4.79 Å². The molecule has 0 N–H and O–H groups in total. The molecule has 6 heteroatoms. The number of aromatic nitrogens is 2. The summed E-state index contributed by atoms with van der Waals surface area (Å²) in [6, 6.07) is 11.0. The Hall–Kier alpha value is -2.63. The minimum Gasteiger partial charge on any atom is -0.481 e. The second-order valence-electron chi connectivity index (χ2n) is 5.57. The van der Waals surface area contributed by atoms with Crippen LogP contribution in [0, 0.1) is 0 Å². The van der Waals surface area contributed by atoms with Crippen molar-refractivity contribution in [2.75, 3.05) is 14.2 Å². The zero-order valence-electron chi connectivity index (χ0n) is 14.9. The Morgan fingerprint density at radius 2 is 1.68 bits per heavy atom. The Morgan fingerprint density at radius 1 is 1.04 bits per heavy atom. The zero-order valence-corrected chi connectivity index (χ0v) is 14.9. The van der Waals surface area contributed by atoms with Crippen LogP contribution < -0.4 is 14.2 Å². The van der Waals surface area contributed by atoms with Crippen LogP contribution in [0.3, 0.4) is 0 Å². The number of unbranched alkanes of at least 4 members (excludes halogenated alkanes) is 2. The van der Waals surface area contributed by atoms with E-state index < -0.39 is 6.10 Å². The maximum atomic E-state index is 12.7. The normalized spacial score (nSPS) is 11.6. The highest BCUT2D eigenvalue weighted by molar-refractivity contribution is 5.84. The van der Waals surface area contributed by atoms with Crippen LogP contribution in [0.5, 0.6) is 17.8 Å². The summed E-state index contributed by atoms with van der Waals surface area (Å²) in [5.74, 6) is 0.629. The molecule has 0 saturated carbocycles. The second-order valence-corrected chi connectivity index (χ2v) is 5.57. The average molecular weight is 344 g/mol. The first kappa shape index (κ1) is 18.7. The number of methoxy groups -OCH3 is 2. The fourth-order valence-corrected chi connectivity index (χ4v) is 2.38. The molecule has 0 aliphatic carbocycles. The average Bonchev–Trinajstić information content (AvgIpc) is 2.66. The summed E-state index contributed by atoms with van der Waals surface area (Å²) >= 11 is 0. The van der Waals surface area contributed by atoms with Gasteiger partial charge in [0.1, 0.15) is 0 Å². The van der Waals surface area contributed by atoms with Gasteiger partial charge in [0.25, 0.3) is 0 Å². The number of nitrogens with zero attached hydrogens (tertiary/aromatic N) is 2. The maximum absolute atomic E-state index is 12.7. The van der Waals surface area contributed by atoms with Gasteiger partial charge in [0.05, 0.1) is 20.3 Å². The maximum Gasteiger partial charge on any atom is 0.324 e. The smallest absolute Gasteiger partial charge is 0.324 e. The van der Waals surface area contributed by atoms with Crippen molar-refractivity contribution in [1.82, 2.24) is 9.97 Å². The van der Waals surface area contributed by atoms with Crippen LogP contribution in [0.25, 0.3) is 0 Å². The molecule has 0 spiro atoms. The number of ether oxygens (including phenoxy) is 3. The number of rotatable bonds is 10. The Kier molecular flexibility index (Phi) is 7.19. The van der Waals surface area contributed by atoms with E-state index >= 15 is 0 Å².